The summed E-state index contributed by atoms with van der Waals surface area (Å²) in [6.07, 6.45) is 5.51. The molecular weight excluding hydrogens is 174 g/mol. The highest BCUT2D eigenvalue weighted by atomic mass is 16.2. The first-order chi connectivity index (χ1) is 6.40. The van der Waals surface area contributed by atoms with E-state index in [2.05, 4.69) is 20.8 Å². The van der Waals surface area contributed by atoms with E-state index in [1.165, 1.54) is 19.3 Å². The average Bonchev–Trinajstić information content (AvgIpc) is 2.33. The van der Waals surface area contributed by atoms with E-state index >= 15 is 0 Å². The monoisotopic (exact) mass is 197 g/mol. The minimum atomic E-state index is 0.325. The minimum absolute atomic E-state index is 0.325. The van der Waals surface area contributed by atoms with Crippen LogP contribution in [0.2, 0.25) is 0 Å². The summed E-state index contributed by atoms with van der Waals surface area (Å²) in [4.78, 5) is 13.2. The number of carbonyl (C=O) groups is 1. The molecule has 2 nitrogen and oxygen atoms in total. The quantitative estimate of drug-likeness (QED) is 0.681. The molecule has 0 radical (unpaired) electrons. The maximum atomic E-state index is 11.3. The molecule has 1 aliphatic rings. The van der Waals surface area contributed by atoms with Crippen LogP contribution in [0.3, 0.4) is 0 Å². The predicted molar refractivity (Wildman–Crippen MR) is 59.1 cm³/mol. The maximum absolute atomic E-state index is 11.3. The summed E-state index contributed by atoms with van der Waals surface area (Å²) in [5.74, 6) is 0.325. The lowest BCUT2D eigenvalue weighted by molar-refractivity contribution is -0.127. The number of hydrogen-bond donors (Lipinski definition) is 0. The number of amides is 1. The highest BCUT2D eigenvalue weighted by Gasteiger charge is 2.27. The normalized spacial score (nSPS) is 23.3. The second-order valence-electron chi connectivity index (χ2n) is 5.65. The fourth-order valence-corrected chi connectivity index (χ4v) is 2.07. The summed E-state index contributed by atoms with van der Waals surface area (Å²) in [5, 5.41) is 0. The van der Waals surface area contributed by atoms with Gasteiger partial charge in [-0.1, -0.05) is 27.2 Å². The number of likely N-dealkylation sites (tertiary alicyclic amines) is 1. The third-order valence-electron chi connectivity index (χ3n) is 3.10. The topological polar surface area (TPSA) is 20.3 Å². The first-order valence-corrected chi connectivity index (χ1v) is 5.66. The van der Waals surface area contributed by atoms with Gasteiger partial charge in [0.15, 0.2) is 0 Å². The third-order valence-corrected chi connectivity index (χ3v) is 3.10. The Morgan fingerprint density at radius 1 is 1.43 bits per heavy atom. The predicted octanol–water partition coefficient (Wildman–Crippen LogP) is 2.82. The molecule has 1 saturated heterocycles. The molecule has 2 heteroatoms. The fraction of sp³-hybridized carbons (Fsp3) is 0.917. The molecule has 0 unspecified atom stereocenters. The zero-order chi connectivity index (χ0) is 10.8. The van der Waals surface area contributed by atoms with Crippen LogP contribution < -0.4 is 0 Å². The summed E-state index contributed by atoms with van der Waals surface area (Å²) < 4.78 is 0. The van der Waals surface area contributed by atoms with Crippen molar-refractivity contribution in [3.63, 3.8) is 0 Å². The molecule has 1 aliphatic heterocycles. The third kappa shape index (κ3) is 3.32. The summed E-state index contributed by atoms with van der Waals surface area (Å²) in [7, 11) is 1.94. The Kier molecular flexibility index (Phi) is 3.57. The Labute approximate surface area is 87.7 Å². The number of hydrogen-bond acceptors (Lipinski definition) is 1. The van der Waals surface area contributed by atoms with Gasteiger partial charge >= 0.3 is 0 Å². The lowest BCUT2D eigenvalue weighted by Gasteiger charge is -2.22. The lowest BCUT2D eigenvalue weighted by atomic mass is 9.89. The summed E-state index contributed by atoms with van der Waals surface area (Å²) in [5.41, 5.74) is 0.432. The summed E-state index contributed by atoms with van der Waals surface area (Å²) >= 11 is 0. The van der Waals surface area contributed by atoms with Crippen molar-refractivity contribution in [1.29, 1.82) is 0 Å². The first kappa shape index (κ1) is 11.5. The Morgan fingerprint density at radius 3 is 2.50 bits per heavy atom. The number of rotatable bonds is 3. The van der Waals surface area contributed by atoms with E-state index in [-0.39, 0.29) is 0 Å². The maximum Gasteiger partial charge on any atom is 0.222 e. The van der Waals surface area contributed by atoms with E-state index in [0.717, 1.165) is 12.8 Å². The van der Waals surface area contributed by atoms with Gasteiger partial charge in [-0.05, 0) is 24.7 Å². The Bertz CT molecular complexity index is 205. The van der Waals surface area contributed by atoms with Crippen molar-refractivity contribution in [1.82, 2.24) is 4.90 Å². The van der Waals surface area contributed by atoms with Gasteiger partial charge in [-0.3, -0.25) is 4.79 Å². The van der Waals surface area contributed by atoms with E-state index in [1.807, 2.05) is 11.9 Å². The van der Waals surface area contributed by atoms with Crippen molar-refractivity contribution in [3.05, 3.63) is 0 Å². The molecule has 1 heterocycles. The SMILES string of the molecule is CN1C(=O)CC[C@@H]1CCCC(C)(C)C. The Hall–Kier alpha value is -0.530. The number of nitrogens with zero attached hydrogens (tertiary/aromatic N) is 1. The molecule has 1 fully saturated rings. The second-order valence-corrected chi connectivity index (χ2v) is 5.65. The smallest absolute Gasteiger partial charge is 0.222 e. The average molecular weight is 197 g/mol. The van der Waals surface area contributed by atoms with Gasteiger partial charge in [-0.15, -0.1) is 0 Å². The molecule has 1 rings (SSSR count). The van der Waals surface area contributed by atoms with E-state index in [9.17, 15) is 4.79 Å². The Morgan fingerprint density at radius 2 is 2.07 bits per heavy atom. The van der Waals surface area contributed by atoms with Crippen LogP contribution in [0.1, 0.15) is 52.9 Å². The highest BCUT2D eigenvalue weighted by molar-refractivity contribution is 5.78. The van der Waals surface area contributed by atoms with Crippen LogP contribution >= 0.6 is 0 Å². The number of carbonyl (C=O) groups excluding carboxylic acids is 1. The minimum Gasteiger partial charge on any atom is -0.343 e. The first-order valence-electron chi connectivity index (χ1n) is 5.66. The standard InChI is InChI=1S/C12H23NO/c1-12(2,3)9-5-6-10-7-8-11(14)13(10)4/h10H,5-9H2,1-4H3/t10-/m0/s1. The fourth-order valence-electron chi connectivity index (χ4n) is 2.07. The van der Waals surface area contributed by atoms with Crippen LogP contribution in [0.4, 0.5) is 0 Å². The van der Waals surface area contributed by atoms with Gasteiger partial charge in [-0.2, -0.15) is 0 Å². The van der Waals surface area contributed by atoms with Crippen LogP contribution in [0, 0.1) is 5.41 Å². The molecule has 0 bridgehead atoms. The summed E-state index contributed by atoms with van der Waals surface area (Å²) in [6, 6.07) is 0.518. The van der Waals surface area contributed by atoms with Gasteiger partial charge in [0.05, 0.1) is 0 Å². The largest absolute Gasteiger partial charge is 0.343 e. The van der Waals surface area contributed by atoms with Crippen molar-refractivity contribution < 1.29 is 4.79 Å². The van der Waals surface area contributed by atoms with Crippen molar-refractivity contribution in [2.24, 2.45) is 5.41 Å². The molecule has 14 heavy (non-hydrogen) atoms. The molecular formula is C12H23NO. The summed E-state index contributed by atoms with van der Waals surface area (Å²) in [6.45, 7) is 6.82. The van der Waals surface area contributed by atoms with E-state index < -0.39 is 0 Å². The van der Waals surface area contributed by atoms with E-state index in [1.54, 1.807) is 0 Å². The Balaban J connectivity index is 2.23. The van der Waals surface area contributed by atoms with Crippen LogP contribution in [0.25, 0.3) is 0 Å². The van der Waals surface area contributed by atoms with Gasteiger partial charge < -0.3 is 4.90 Å². The van der Waals surface area contributed by atoms with E-state index in [4.69, 9.17) is 0 Å². The zero-order valence-corrected chi connectivity index (χ0v) is 9.97. The van der Waals surface area contributed by atoms with Crippen molar-refractivity contribution in [3.8, 4) is 0 Å². The van der Waals surface area contributed by atoms with Crippen LogP contribution in [-0.4, -0.2) is 23.9 Å². The van der Waals surface area contributed by atoms with Crippen molar-refractivity contribution in [2.75, 3.05) is 7.05 Å². The highest BCUT2D eigenvalue weighted by Crippen LogP contribution is 2.26. The van der Waals surface area contributed by atoms with Crippen molar-refractivity contribution in [2.45, 2.75) is 58.9 Å². The molecule has 0 aromatic rings. The molecule has 1 amide bonds. The molecule has 0 aromatic heterocycles. The van der Waals surface area contributed by atoms with Gasteiger partial charge in [0.25, 0.3) is 0 Å². The zero-order valence-electron chi connectivity index (χ0n) is 9.97. The van der Waals surface area contributed by atoms with Crippen molar-refractivity contribution >= 4 is 5.91 Å². The molecule has 82 valence electrons. The van der Waals surface area contributed by atoms with Gasteiger partial charge in [-0.25, -0.2) is 0 Å². The van der Waals surface area contributed by atoms with Crippen LogP contribution in [0.15, 0.2) is 0 Å². The van der Waals surface area contributed by atoms with E-state index in [0.29, 0.717) is 17.4 Å². The molecule has 0 saturated carbocycles. The van der Waals surface area contributed by atoms with Crippen LogP contribution in [-0.2, 0) is 4.79 Å². The molecule has 1 atom stereocenters. The molecule has 0 N–H and O–H groups in total. The van der Waals surface area contributed by atoms with Gasteiger partial charge in [0.1, 0.15) is 0 Å². The second kappa shape index (κ2) is 4.33. The molecule has 0 aliphatic carbocycles. The van der Waals surface area contributed by atoms with Gasteiger partial charge in [0, 0.05) is 19.5 Å². The van der Waals surface area contributed by atoms with Crippen LogP contribution in [0.5, 0.6) is 0 Å². The van der Waals surface area contributed by atoms with Gasteiger partial charge in [0.2, 0.25) is 5.91 Å². The lowest BCUT2D eigenvalue weighted by Crippen LogP contribution is -2.28. The molecule has 0 aromatic carbocycles. The molecule has 0 spiro atoms.